The van der Waals surface area contributed by atoms with E-state index in [0.717, 1.165) is 28.8 Å². The van der Waals surface area contributed by atoms with Crippen LogP contribution in [-0.2, 0) is 0 Å². The first-order valence-electron chi connectivity index (χ1n) is 4.86. The van der Waals surface area contributed by atoms with Gasteiger partial charge in [-0.25, -0.2) is 9.78 Å². The maximum absolute atomic E-state index is 11.4. The third kappa shape index (κ3) is 2.92. The summed E-state index contributed by atoms with van der Waals surface area (Å²) in [6.45, 7) is 1.86. The molecule has 0 atom stereocenters. The fraction of sp³-hybridized carbons (Fsp3) is 0.400. The van der Waals surface area contributed by atoms with Crippen LogP contribution in [0.25, 0.3) is 0 Å². The second-order valence-electron chi connectivity index (χ2n) is 3.64. The van der Waals surface area contributed by atoms with Gasteiger partial charge in [0.2, 0.25) is 0 Å². The summed E-state index contributed by atoms with van der Waals surface area (Å²) in [7, 11) is 0. The molecule has 15 heavy (non-hydrogen) atoms. The highest BCUT2D eigenvalue weighted by molar-refractivity contribution is 9.10. The smallest absolute Gasteiger partial charge is 0.319 e. The van der Waals surface area contributed by atoms with Crippen molar-refractivity contribution in [3.63, 3.8) is 0 Å². The van der Waals surface area contributed by atoms with E-state index < -0.39 is 0 Å². The van der Waals surface area contributed by atoms with Gasteiger partial charge in [-0.05, 0) is 47.8 Å². The minimum absolute atomic E-state index is 0.148. The van der Waals surface area contributed by atoms with E-state index in [2.05, 4.69) is 31.5 Å². The summed E-state index contributed by atoms with van der Waals surface area (Å²) in [5.74, 6) is 0. The Kier molecular flexibility index (Phi) is 2.90. The fourth-order valence-electron chi connectivity index (χ4n) is 1.23. The van der Waals surface area contributed by atoms with Crippen molar-refractivity contribution < 1.29 is 4.79 Å². The first-order chi connectivity index (χ1) is 7.15. The number of amides is 2. The van der Waals surface area contributed by atoms with Crippen molar-refractivity contribution in [1.29, 1.82) is 0 Å². The molecule has 1 aliphatic rings. The summed E-state index contributed by atoms with van der Waals surface area (Å²) in [6.07, 6.45) is 2.18. The predicted molar refractivity (Wildman–Crippen MR) is 61.9 cm³/mol. The summed E-state index contributed by atoms with van der Waals surface area (Å²) < 4.78 is 0.771. The summed E-state index contributed by atoms with van der Waals surface area (Å²) in [6, 6.07) is 3.86. The maximum Gasteiger partial charge on any atom is 0.319 e. The average molecular weight is 270 g/mol. The van der Waals surface area contributed by atoms with Crippen LogP contribution in [0.2, 0.25) is 0 Å². The summed E-state index contributed by atoms with van der Waals surface area (Å²) >= 11 is 3.27. The number of urea groups is 1. The Morgan fingerprint density at radius 3 is 2.87 bits per heavy atom. The van der Waals surface area contributed by atoms with E-state index >= 15 is 0 Å². The lowest BCUT2D eigenvalue weighted by atomic mass is 10.3. The molecule has 1 aromatic rings. The van der Waals surface area contributed by atoms with E-state index in [9.17, 15) is 4.79 Å². The van der Waals surface area contributed by atoms with E-state index in [-0.39, 0.29) is 6.03 Å². The Bertz CT molecular complexity index is 390. The third-order valence-corrected chi connectivity index (χ3v) is 2.65. The highest BCUT2D eigenvalue weighted by Crippen LogP contribution is 2.19. The standard InChI is InChI=1S/C10H12BrN3O/c1-6-8(4-5-9(11)12-6)14-10(15)13-7-2-3-7/h4-5,7H,2-3H2,1H3,(H2,13,14,15). The third-order valence-electron chi connectivity index (χ3n) is 2.21. The maximum atomic E-state index is 11.4. The van der Waals surface area contributed by atoms with E-state index in [1.807, 2.05) is 13.0 Å². The second-order valence-corrected chi connectivity index (χ2v) is 4.45. The molecule has 80 valence electrons. The van der Waals surface area contributed by atoms with Crippen LogP contribution in [0.1, 0.15) is 18.5 Å². The van der Waals surface area contributed by atoms with Gasteiger partial charge in [-0.3, -0.25) is 0 Å². The molecule has 4 nitrogen and oxygen atoms in total. The molecule has 1 fully saturated rings. The van der Waals surface area contributed by atoms with Gasteiger partial charge in [-0.2, -0.15) is 0 Å². The van der Waals surface area contributed by atoms with Crippen LogP contribution in [0.3, 0.4) is 0 Å². The summed E-state index contributed by atoms with van der Waals surface area (Å²) in [5.41, 5.74) is 1.55. The number of anilines is 1. The van der Waals surface area contributed by atoms with Crippen LogP contribution < -0.4 is 10.6 Å². The topological polar surface area (TPSA) is 54.0 Å². The lowest BCUT2D eigenvalue weighted by molar-refractivity contribution is 0.251. The zero-order chi connectivity index (χ0) is 10.8. The normalized spacial score (nSPS) is 14.8. The average Bonchev–Trinajstić information content (AvgIpc) is 2.94. The van der Waals surface area contributed by atoms with Crippen LogP contribution in [0.4, 0.5) is 10.5 Å². The Labute approximate surface area is 96.6 Å². The van der Waals surface area contributed by atoms with Crippen LogP contribution in [0, 0.1) is 6.92 Å². The monoisotopic (exact) mass is 269 g/mol. The number of pyridine rings is 1. The minimum atomic E-state index is -0.148. The SMILES string of the molecule is Cc1nc(Br)ccc1NC(=O)NC1CC1. The number of nitrogens with one attached hydrogen (secondary N) is 2. The van der Waals surface area contributed by atoms with Gasteiger partial charge in [-0.15, -0.1) is 0 Å². The molecule has 2 N–H and O–H groups in total. The van der Waals surface area contributed by atoms with Crippen LogP contribution >= 0.6 is 15.9 Å². The number of carbonyl (C=O) groups is 1. The van der Waals surface area contributed by atoms with Crippen molar-refractivity contribution >= 4 is 27.6 Å². The molecule has 0 unspecified atom stereocenters. The minimum Gasteiger partial charge on any atom is -0.335 e. The van der Waals surface area contributed by atoms with Crippen LogP contribution in [0.5, 0.6) is 0 Å². The fourth-order valence-corrected chi connectivity index (χ4v) is 1.63. The van der Waals surface area contributed by atoms with Crippen molar-refractivity contribution in [1.82, 2.24) is 10.3 Å². The molecule has 0 aromatic carbocycles. The zero-order valence-corrected chi connectivity index (χ0v) is 9.97. The Balaban J connectivity index is 1.99. The van der Waals surface area contributed by atoms with Gasteiger partial charge >= 0.3 is 6.03 Å². The molecular formula is C10H12BrN3O. The number of hydrogen-bond donors (Lipinski definition) is 2. The molecule has 0 aliphatic heterocycles. The Morgan fingerprint density at radius 1 is 1.53 bits per heavy atom. The highest BCUT2D eigenvalue weighted by Gasteiger charge is 2.23. The van der Waals surface area contributed by atoms with Gasteiger partial charge in [0.25, 0.3) is 0 Å². The Morgan fingerprint density at radius 2 is 2.27 bits per heavy atom. The first kappa shape index (κ1) is 10.4. The number of nitrogens with zero attached hydrogens (tertiary/aromatic N) is 1. The van der Waals surface area contributed by atoms with Crippen molar-refractivity contribution in [2.75, 3.05) is 5.32 Å². The Hall–Kier alpha value is -1.10. The van der Waals surface area contributed by atoms with Crippen LogP contribution in [-0.4, -0.2) is 17.1 Å². The van der Waals surface area contributed by atoms with Gasteiger partial charge in [-0.1, -0.05) is 0 Å². The van der Waals surface area contributed by atoms with Gasteiger partial charge in [0, 0.05) is 6.04 Å². The van der Waals surface area contributed by atoms with Gasteiger partial charge in [0.1, 0.15) is 4.60 Å². The molecule has 0 radical (unpaired) electrons. The molecule has 1 aliphatic carbocycles. The first-order valence-corrected chi connectivity index (χ1v) is 5.65. The second kappa shape index (κ2) is 4.18. The molecule has 1 heterocycles. The molecule has 5 heteroatoms. The summed E-state index contributed by atoms with van der Waals surface area (Å²) in [4.78, 5) is 15.6. The molecular weight excluding hydrogens is 258 g/mol. The van der Waals surface area contributed by atoms with Crippen molar-refractivity contribution in [3.8, 4) is 0 Å². The number of aryl methyl sites for hydroxylation is 1. The molecule has 0 bridgehead atoms. The van der Waals surface area contributed by atoms with Gasteiger partial charge in [0.15, 0.2) is 0 Å². The number of aromatic nitrogens is 1. The number of rotatable bonds is 2. The van der Waals surface area contributed by atoms with E-state index in [1.54, 1.807) is 6.07 Å². The molecule has 1 aromatic heterocycles. The van der Waals surface area contributed by atoms with E-state index in [0.29, 0.717) is 6.04 Å². The van der Waals surface area contributed by atoms with E-state index in [4.69, 9.17) is 0 Å². The highest BCUT2D eigenvalue weighted by atomic mass is 79.9. The zero-order valence-electron chi connectivity index (χ0n) is 8.38. The molecule has 2 amide bonds. The van der Waals surface area contributed by atoms with Gasteiger partial charge < -0.3 is 10.6 Å². The number of halogens is 1. The van der Waals surface area contributed by atoms with Crippen molar-refractivity contribution in [3.05, 3.63) is 22.4 Å². The molecule has 0 spiro atoms. The number of carbonyl (C=O) groups excluding carboxylic acids is 1. The summed E-state index contributed by atoms with van der Waals surface area (Å²) in [5, 5.41) is 5.63. The number of hydrogen-bond acceptors (Lipinski definition) is 2. The van der Waals surface area contributed by atoms with Crippen molar-refractivity contribution in [2.24, 2.45) is 0 Å². The van der Waals surface area contributed by atoms with Crippen LogP contribution in [0.15, 0.2) is 16.7 Å². The van der Waals surface area contributed by atoms with Gasteiger partial charge in [0.05, 0.1) is 11.4 Å². The quantitative estimate of drug-likeness (QED) is 0.811. The largest absolute Gasteiger partial charge is 0.335 e. The molecule has 0 saturated heterocycles. The van der Waals surface area contributed by atoms with E-state index in [1.165, 1.54) is 0 Å². The molecule has 1 saturated carbocycles. The predicted octanol–water partition coefficient (Wildman–Crippen LogP) is 2.44. The lowest BCUT2D eigenvalue weighted by Gasteiger charge is -2.08. The lowest BCUT2D eigenvalue weighted by Crippen LogP contribution is -2.30. The van der Waals surface area contributed by atoms with Crippen molar-refractivity contribution in [2.45, 2.75) is 25.8 Å². The molecule has 2 rings (SSSR count).